The fraction of sp³-hybridized carbons (Fsp3) is 0.429. The molecule has 1 N–H and O–H groups in total. The third-order valence-electron chi connectivity index (χ3n) is 5.03. The number of aromatic nitrogens is 1. The normalized spacial score (nSPS) is 16.7. The molecule has 7 nitrogen and oxygen atoms in total. The van der Waals surface area contributed by atoms with Crippen molar-refractivity contribution < 1.29 is 9.47 Å². The molecule has 0 radical (unpaired) electrons. The number of hydrogen-bond acceptors (Lipinski definition) is 5. The summed E-state index contributed by atoms with van der Waals surface area (Å²) >= 11 is 0. The van der Waals surface area contributed by atoms with Crippen molar-refractivity contribution in [3.8, 4) is 11.5 Å². The van der Waals surface area contributed by atoms with E-state index in [0.717, 1.165) is 61.4 Å². The first kappa shape index (κ1) is 21.5. The number of aliphatic imine (C=N–C) groups is 1. The van der Waals surface area contributed by atoms with E-state index in [0.29, 0.717) is 19.8 Å². The highest BCUT2D eigenvalue weighted by Crippen LogP contribution is 2.30. The summed E-state index contributed by atoms with van der Waals surface area (Å²) in [5.41, 5.74) is 1.15. The van der Waals surface area contributed by atoms with Gasteiger partial charge in [0.2, 0.25) is 0 Å². The van der Waals surface area contributed by atoms with Gasteiger partial charge in [-0.3, -0.25) is 4.99 Å². The van der Waals surface area contributed by atoms with Gasteiger partial charge in [-0.2, -0.15) is 0 Å². The molecule has 0 saturated carbocycles. The molecule has 0 bridgehead atoms. The highest BCUT2D eigenvalue weighted by Gasteiger charge is 2.20. The van der Waals surface area contributed by atoms with Gasteiger partial charge < -0.3 is 24.6 Å². The van der Waals surface area contributed by atoms with Crippen LogP contribution in [0, 0.1) is 0 Å². The van der Waals surface area contributed by atoms with Gasteiger partial charge in [-0.05, 0) is 29.8 Å². The maximum atomic E-state index is 5.79. The Hall–Kier alpha value is -2.23. The molecule has 3 heterocycles. The van der Waals surface area contributed by atoms with E-state index in [1.54, 1.807) is 0 Å². The summed E-state index contributed by atoms with van der Waals surface area (Å²) < 4.78 is 11.5. The molecule has 0 unspecified atom stereocenters. The van der Waals surface area contributed by atoms with Gasteiger partial charge in [-0.15, -0.1) is 24.0 Å². The topological polar surface area (TPSA) is 62.2 Å². The molecule has 0 atom stereocenters. The number of ether oxygens (including phenoxy) is 2. The minimum absolute atomic E-state index is 0. The largest absolute Gasteiger partial charge is 0.490 e. The number of rotatable bonds is 3. The molecular formula is C21H28IN5O2. The number of fused-ring (bicyclic) bond motifs is 1. The van der Waals surface area contributed by atoms with Crippen molar-refractivity contribution in [3.63, 3.8) is 0 Å². The number of anilines is 1. The predicted octanol–water partition coefficient (Wildman–Crippen LogP) is 2.76. The zero-order valence-electron chi connectivity index (χ0n) is 16.7. The van der Waals surface area contributed by atoms with E-state index >= 15 is 0 Å². The molecule has 2 aromatic rings. The Balaban J connectivity index is 0.00000240. The molecule has 0 aliphatic carbocycles. The molecule has 2 aliphatic rings. The maximum absolute atomic E-state index is 5.79. The Morgan fingerprint density at radius 1 is 1.07 bits per heavy atom. The van der Waals surface area contributed by atoms with Crippen LogP contribution < -0.4 is 19.7 Å². The van der Waals surface area contributed by atoms with Crippen LogP contribution >= 0.6 is 24.0 Å². The van der Waals surface area contributed by atoms with Crippen LogP contribution in [-0.2, 0) is 6.54 Å². The molecule has 156 valence electrons. The number of nitrogens with one attached hydrogen (secondary N) is 1. The predicted molar refractivity (Wildman–Crippen MR) is 126 cm³/mol. The molecular weight excluding hydrogens is 481 g/mol. The summed E-state index contributed by atoms with van der Waals surface area (Å²) in [6.45, 7) is 5.80. The van der Waals surface area contributed by atoms with Crippen LogP contribution in [0.15, 0.2) is 47.6 Å². The fourth-order valence-electron chi connectivity index (χ4n) is 3.52. The minimum Gasteiger partial charge on any atom is -0.490 e. The summed E-state index contributed by atoms with van der Waals surface area (Å²) in [7, 11) is 1.83. The molecule has 0 amide bonds. The first-order chi connectivity index (χ1) is 13.8. The number of pyridine rings is 1. The lowest BCUT2D eigenvalue weighted by molar-refractivity contribution is 0.297. The summed E-state index contributed by atoms with van der Waals surface area (Å²) in [5, 5.41) is 3.48. The molecule has 8 heteroatoms. The van der Waals surface area contributed by atoms with Crippen LogP contribution in [0.1, 0.15) is 12.0 Å². The van der Waals surface area contributed by atoms with E-state index < -0.39 is 0 Å². The van der Waals surface area contributed by atoms with Crippen LogP contribution in [0.3, 0.4) is 0 Å². The summed E-state index contributed by atoms with van der Waals surface area (Å²) in [5.74, 6) is 3.62. The van der Waals surface area contributed by atoms with Gasteiger partial charge in [0.1, 0.15) is 5.82 Å². The average Bonchev–Trinajstić information content (AvgIpc) is 3.00. The van der Waals surface area contributed by atoms with Crippen molar-refractivity contribution in [3.05, 3.63) is 48.2 Å². The second-order valence-electron chi connectivity index (χ2n) is 6.89. The zero-order valence-corrected chi connectivity index (χ0v) is 19.0. The third kappa shape index (κ3) is 5.43. The maximum Gasteiger partial charge on any atom is 0.194 e. The first-order valence-corrected chi connectivity index (χ1v) is 9.83. The van der Waals surface area contributed by atoms with Gasteiger partial charge in [0.25, 0.3) is 0 Å². The molecule has 1 fully saturated rings. The van der Waals surface area contributed by atoms with Gasteiger partial charge in [0.15, 0.2) is 17.5 Å². The zero-order chi connectivity index (χ0) is 19.2. The Morgan fingerprint density at radius 3 is 2.59 bits per heavy atom. The summed E-state index contributed by atoms with van der Waals surface area (Å²) in [6, 6.07) is 12.2. The van der Waals surface area contributed by atoms with Gasteiger partial charge in [-0.25, -0.2) is 4.98 Å². The number of nitrogens with zero attached hydrogens (tertiary/aromatic N) is 4. The smallest absolute Gasteiger partial charge is 0.194 e. The Kier molecular flexibility index (Phi) is 7.79. The van der Waals surface area contributed by atoms with Crippen molar-refractivity contribution in [2.75, 3.05) is 51.3 Å². The molecule has 0 spiro atoms. The number of piperazine rings is 1. The molecule has 1 saturated heterocycles. The highest BCUT2D eigenvalue weighted by molar-refractivity contribution is 14.0. The minimum atomic E-state index is 0. The van der Waals surface area contributed by atoms with Gasteiger partial charge >= 0.3 is 0 Å². The van der Waals surface area contributed by atoms with E-state index in [9.17, 15) is 0 Å². The first-order valence-electron chi connectivity index (χ1n) is 9.83. The van der Waals surface area contributed by atoms with Gasteiger partial charge in [0.05, 0.1) is 13.2 Å². The molecule has 1 aromatic heterocycles. The van der Waals surface area contributed by atoms with Crippen molar-refractivity contribution in [2.45, 2.75) is 13.0 Å². The molecule has 4 rings (SSSR count). The van der Waals surface area contributed by atoms with Crippen LogP contribution in [0.2, 0.25) is 0 Å². The highest BCUT2D eigenvalue weighted by atomic mass is 127. The average molecular weight is 509 g/mol. The van der Waals surface area contributed by atoms with Crippen LogP contribution in [0.25, 0.3) is 0 Å². The van der Waals surface area contributed by atoms with E-state index in [-0.39, 0.29) is 24.0 Å². The van der Waals surface area contributed by atoms with Gasteiger partial charge in [0, 0.05) is 52.4 Å². The van der Waals surface area contributed by atoms with E-state index in [2.05, 4.69) is 43.3 Å². The molecule has 29 heavy (non-hydrogen) atoms. The van der Waals surface area contributed by atoms with E-state index in [4.69, 9.17) is 9.47 Å². The number of guanidine groups is 1. The second-order valence-corrected chi connectivity index (χ2v) is 6.89. The van der Waals surface area contributed by atoms with Crippen molar-refractivity contribution in [2.24, 2.45) is 4.99 Å². The van der Waals surface area contributed by atoms with Gasteiger partial charge in [-0.1, -0.05) is 12.1 Å². The van der Waals surface area contributed by atoms with Crippen molar-refractivity contribution in [1.82, 2.24) is 15.2 Å². The lowest BCUT2D eigenvalue weighted by Gasteiger charge is -2.37. The van der Waals surface area contributed by atoms with E-state index in [1.165, 1.54) is 0 Å². The Bertz CT molecular complexity index is 810. The number of hydrogen-bond donors (Lipinski definition) is 1. The molecule has 1 aromatic carbocycles. The van der Waals surface area contributed by atoms with E-state index in [1.807, 2.05) is 31.4 Å². The summed E-state index contributed by atoms with van der Waals surface area (Å²) in [4.78, 5) is 13.5. The Labute approximate surface area is 189 Å². The van der Waals surface area contributed by atoms with Crippen LogP contribution in [-0.4, -0.2) is 62.3 Å². The molecule has 2 aliphatic heterocycles. The monoisotopic (exact) mass is 509 g/mol. The lowest BCUT2D eigenvalue weighted by Crippen LogP contribution is -2.52. The second kappa shape index (κ2) is 10.5. The fourth-order valence-corrected chi connectivity index (χ4v) is 3.52. The SMILES string of the molecule is CN=C(NCc1ccc2c(c1)OCCCO2)N1CCN(c2ccccn2)CC1.I. The standard InChI is InChI=1S/C21H27N5O2.HI/c1-22-21(26-11-9-25(10-12-26)20-5-2-3-8-23-20)24-16-17-6-7-18-19(15-17)28-14-4-13-27-18;/h2-3,5-8,15H,4,9-14,16H2,1H3,(H,22,24);1H. The summed E-state index contributed by atoms with van der Waals surface area (Å²) in [6.07, 6.45) is 2.76. The lowest BCUT2D eigenvalue weighted by atomic mass is 10.2. The Morgan fingerprint density at radius 2 is 1.86 bits per heavy atom. The van der Waals surface area contributed by atoms with Crippen LogP contribution in [0.5, 0.6) is 11.5 Å². The number of halogens is 1. The number of benzene rings is 1. The quantitative estimate of drug-likeness (QED) is 0.390. The van der Waals surface area contributed by atoms with Crippen LogP contribution in [0.4, 0.5) is 5.82 Å². The third-order valence-corrected chi connectivity index (χ3v) is 5.03. The van der Waals surface area contributed by atoms with Crippen molar-refractivity contribution in [1.29, 1.82) is 0 Å². The van der Waals surface area contributed by atoms with Crippen molar-refractivity contribution >= 4 is 35.8 Å².